The minimum atomic E-state index is -1.90. The molecule has 4 rings (SSSR count). The average molecular weight is 438 g/mol. The summed E-state index contributed by atoms with van der Waals surface area (Å²) in [6.07, 6.45) is 0.136. The molecule has 32 heavy (non-hydrogen) atoms. The van der Waals surface area contributed by atoms with Crippen LogP contribution in [0.4, 0.5) is 0 Å². The Kier molecular flexibility index (Phi) is 5.20. The second-order valence-corrected chi connectivity index (χ2v) is 8.14. The van der Waals surface area contributed by atoms with E-state index in [1.54, 1.807) is 38.1 Å². The number of pyridine rings is 1. The van der Waals surface area contributed by atoms with E-state index in [1.165, 1.54) is 4.90 Å². The summed E-state index contributed by atoms with van der Waals surface area (Å²) in [6, 6.07) is 6.68. The van der Waals surface area contributed by atoms with Gasteiger partial charge in [0.1, 0.15) is 0 Å². The van der Waals surface area contributed by atoms with E-state index < -0.39 is 17.4 Å². The highest BCUT2D eigenvalue weighted by Gasteiger charge is 2.52. The SMILES string of the molecule is Cc1nc(OCCCN2C(=O)c3ccccc3C2=O)c(C)c2c1CC(C(=O)O)(C(=O)O)C2. The molecule has 1 aliphatic carbocycles. The maximum absolute atomic E-state index is 12.4. The van der Waals surface area contributed by atoms with Crippen molar-refractivity contribution in [2.75, 3.05) is 13.2 Å². The molecule has 2 aliphatic rings. The first-order chi connectivity index (χ1) is 15.2. The number of nitrogens with zero attached hydrogens (tertiary/aromatic N) is 2. The molecule has 9 heteroatoms. The predicted molar refractivity (Wildman–Crippen MR) is 111 cm³/mol. The molecule has 0 atom stereocenters. The molecule has 1 aromatic carbocycles. The van der Waals surface area contributed by atoms with Crippen LogP contribution in [-0.2, 0) is 22.4 Å². The molecular formula is C23H22N2O7. The van der Waals surface area contributed by atoms with Gasteiger partial charge in [-0.15, -0.1) is 0 Å². The third-order valence-corrected chi connectivity index (χ3v) is 6.26. The van der Waals surface area contributed by atoms with E-state index >= 15 is 0 Å². The molecule has 2 N–H and O–H groups in total. The van der Waals surface area contributed by atoms with E-state index in [1.807, 2.05) is 0 Å². The zero-order valence-corrected chi connectivity index (χ0v) is 17.7. The zero-order chi connectivity index (χ0) is 23.2. The first-order valence-electron chi connectivity index (χ1n) is 10.2. The summed E-state index contributed by atoms with van der Waals surface area (Å²) in [7, 11) is 0. The number of carboxylic acid groups (broad SMARTS) is 2. The van der Waals surface area contributed by atoms with E-state index in [4.69, 9.17) is 4.74 Å². The lowest BCUT2D eigenvalue weighted by Crippen LogP contribution is -2.40. The van der Waals surface area contributed by atoms with Gasteiger partial charge in [0, 0.05) is 30.6 Å². The highest BCUT2D eigenvalue weighted by Crippen LogP contribution is 2.42. The van der Waals surface area contributed by atoms with Crippen LogP contribution in [0.25, 0.3) is 0 Å². The fourth-order valence-corrected chi connectivity index (χ4v) is 4.39. The van der Waals surface area contributed by atoms with Crippen molar-refractivity contribution in [1.82, 2.24) is 9.88 Å². The zero-order valence-electron chi connectivity index (χ0n) is 17.7. The number of aromatic nitrogens is 1. The molecule has 0 fully saturated rings. The summed E-state index contributed by atoms with van der Waals surface area (Å²) in [5.74, 6) is -3.10. The van der Waals surface area contributed by atoms with E-state index in [0.717, 1.165) is 0 Å². The van der Waals surface area contributed by atoms with Crippen LogP contribution in [-0.4, -0.2) is 57.0 Å². The van der Waals surface area contributed by atoms with Crippen LogP contribution >= 0.6 is 0 Å². The van der Waals surface area contributed by atoms with Crippen molar-refractivity contribution in [3.05, 3.63) is 57.8 Å². The van der Waals surface area contributed by atoms with Crippen molar-refractivity contribution in [1.29, 1.82) is 0 Å². The number of aryl methyl sites for hydroxylation is 1. The molecule has 2 heterocycles. The molecule has 0 bridgehead atoms. The van der Waals surface area contributed by atoms with Crippen LogP contribution < -0.4 is 4.74 Å². The second kappa shape index (κ2) is 7.74. The predicted octanol–water partition coefficient (Wildman–Crippen LogP) is 2.02. The van der Waals surface area contributed by atoms with Gasteiger partial charge in [0.05, 0.1) is 17.7 Å². The minimum Gasteiger partial charge on any atom is -0.480 e. The molecule has 0 saturated heterocycles. The number of carbonyl (C=O) groups is 4. The lowest BCUT2D eigenvalue weighted by Gasteiger charge is -2.17. The summed E-state index contributed by atoms with van der Waals surface area (Å²) in [5.41, 5.74) is 1.30. The molecule has 0 spiro atoms. The lowest BCUT2D eigenvalue weighted by atomic mass is 9.84. The number of hydrogen-bond donors (Lipinski definition) is 2. The Labute approximate surface area is 183 Å². The first kappa shape index (κ1) is 21.5. The Balaban J connectivity index is 1.44. The van der Waals surface area contributed by atoms with Crippen LogP contribution in [0, 0.1) is 19.3 Å². The lowest BCUT2D eigenvalue weighted by molar-refractivity contribution is -0.163. The first-order valence-corrected chi connectivity index (χ1v) is 10.2. The Hall–Kier alpha value is -3.75. The third kappa shape index (κ3) is 3.21. The van der Waals surface area contributed by atoms with Crippen molar-refractivity contribution < 1.29 is 34.1 Å². The Morgan fingerprint density at radius 1 is 1.03 bits per heavy atom. The van der Waals surface area contributed by atoms with Crippen LogP contribution in [0.3, 0.4) is 0 Å². The van der Waals surface area contributed by atoms with Crippen molar-refractivity contribution in [2.45, 2.75) is 33.1 Å². The summed E-state index contributed by atoms with van der Waals surface area (Å²) in [6.45, 7) is 3.80. The van der Waals surface area contributed by atoms with Crippen LogP contribution in [0.15, 0.2) is 24.3 Å². The van der Waals surface area contributed by atoms with E-state index in [2.05, 4.69) is 4.98 Å². The number of aliphatic carboxylic acids is 2. The highest BCUT2D eigenvalue weighted by molar-refractivity contribution is 6.21. The molecule has 0 radical (unpaired) electrons. The molecule has 166 valence electrons. The normalized spacial score (nSPS) is 16.1. The maximum atomic E-state index is 12.4. The van der Waals surface area contributed by atoms with Crippen LogP contribution in [0.1, 0.15) is 49.5 Å². The van der Waals surface area contributed by atoms with E-state index in [0.29, 0.717) is 45.8 Å². The van der Waals surface area contributed by atoms with Gasteiger partial charge in [0.25, 0.3) is 11.8 Å². The molecule has 9 nitrogen and oxygen atoms in total. The number of rotatable bonds is 7. The number of imide groups is 1. The summed E-state index contributed by atoms with van der Waals surface area (Å²) >= 11 is 0. The number of fused-ring (bicyclic) bond motifs is 2. The molecule has 2 amide bonds. The van der Waals surface area contributed by atoms with Gasteiger partial charge in [0.2, 0.25) is 5.88 Å². The maximum Gasteiger partial charge on any atom is 0.321 e. The monoisotopic (exact) mass is 438 g/mol. The second-order valence-electron chi connectivity index (χ2n) is 8.14. The van der Waals surface area contributed by atoms with Gasteiger partial charge in [-0.25, -0.2) is 4.98 Å². The smallest absolute Gasteiger partial charge is 0.321 e. The molecule has 1 aliphatic heterocycles. The minimum absolute atomic E-state index is 0.118. The van der Waals surface area contributed by atoms with Crippen molar-refractivity contribution >= 4 is 23.8 Å². The van der Waals surface area contributed by atoms with E-state index in [9.17, 15) is 29.4 Å². The highest BCUT2D eigenvalue weighted by atomic mass is 16.5. The number of amides is 2. The molecule has 2 aromatic rings. The number of carboxylic acids is 2. The molecule has 0 saturated carbocycles. The Morgan fingerprint density at radius 3 is 2.16 bits per heavy atom. The van der Waals surface area contributed by atoms with E-state index in [-0.39, 0.29) is 37.8 Å². The largest absolute Gasteiger partial charge is 0.480 e. The van der Waals surface area contributed by atoms with Gasteiger partial charge in [0.15, 0.2) is 5.41 Å². The van der Waals surface area contributed by atoms with Gasteiger partial charge >= 0.3 is 11.9 Å². The number of carbonyl (C=O) groups excluding carboxylic acids is 2. The molecule has 1 aromatic heterocycles. The van der Waals surface area contributed by atoms with Crippen LogP contribution in [0.5, 0.6) is 5.88 Å². The summed E-state index contributed by atoms with van der Waals surface area (Å²) < 4.78 is 5.78. The van der Waals surface area contributed by atoms with Crippen molar-refractivity contribution in [3.63, 3.8) is 0 Å². The van der Waals surface area contributed by atoms with Gasteiger partial charge < -0.3 is 14.9 Å². The third-order valence-electron chi connectivity index (χ3n) is 6.26. The topological polar surface area (TPSA) is 134 Å². The fraction of sp³-hybridized carbons (Fsp3) is 0.348. The molecular weight excluding hydrogens is 416 g/mol. The number of benzene rings is 1. The van der Waals surface area contributed by atoms with Gasteiger partial charge in [-0.05, 0) is 43.5 Å². The van der Waals surface area contributed by atoms with Crippen molar-refractivity contribution in [3.8, 4) is 5.88 Å². The van der Waals surface area contributed by atoms with Gasteiger partial charge in [-0.2, -0.15) is 0 Å². The standard InChI is InChI=1S/C23H22N2O7/c1-12-16-10-23(21(28)29,22(30)31)11-17(16)13(2)24-18(12)32-9-5-8-25-19(26)14-6-3-4-7-15(14)20(25)27/h3-4,6-7H,5,8-11H2,1-2H3,(H,28,29)(H,30,31). The fourth-order valence-electron chi connectivity index (χ4n) is 4.39. The number of hydrogen-bond acceptors (Lipinski definition) is 6. The Morgan fingerprint density at radius 2 is 1.59 bits per heavy atom. The molecule has 0 unspecified atom stereocenters. The summed E-state index contributed by atoms with van der Waals surface area (Å²) in [5, 5.41) is 19.1. The van der Waals surface area contributed by atoms with Gasteiger partial charge in [-0.3, -0.25) is 24.1 Å². The summed E-state index contributed by atoms with van der Waals surface area (Å²) in [4.78, 5) is 53.9. The average Bonchev–Trinajstić information content (AvgIpc) is 3.29. The van der Waals surface area contributed by atoms with Gasteiger partial charge in [-0.1, -0.05) is 12.1 Å². The van der Waals surface area contributed by atoms with Crippen LogP contribution in [0.2, 0.25) is 0 Å². The Bertz CT molecular complexity index is 1120. The number of ether oxygens (including phenoxy) is 1. The quantitative estimate of drug-likeness (QED) is 0.381. The van der Waals surface area contributed by atoms with Crippen molar-refractivity contribution in [2.24, 2.45) is 5.41 Å².